The van der Waals surface area contributed by atoms with Gasteiger partial charge in [-0.2, -0.15) is 0 Å². The number of phenolic OH excluding ortho intramolecular Hbond substituents is 1. The number of likely N-dealkylation sites (tertiary alicyclic amines) is 1. The maximum absolute atomic E-state index is 13.5. The lowest BCUT2D eigenvalue weighted by Gasteiger charge is -2.36. The molecule has 0 aliphatic carbocycles. The highest BCUT2D eigenvalue weighted by Crippen LogP contribution is 2.36. The highest BCUT2D eigenvalue weighted by molar-refractivity contribution is 5.89. The van der Waals surface area contributed by atoms with Crippen LogP contribution in [0.3, 0.4) is 0 Å². The van der Waals surface area contributed by atoms with Crippen molar-refractivity contribution >= 4 is 16.9 Å². The lowest BCUT2D eigenvalue weighted by molar-refractivity contribution is 0.0600. The number of aromatic hydroxyl groups is 1. The molecule has 4 aromatic rings. The van der Waals surface area contributed by atoms with Crippen LogP contribution < -0.4 is 10.2 Å². The van der Waals surface area contributed by atoms with E-state index in [1.165, 1.54) is 13.2 Å². The number of aryl methyl sites for hydroxylation is 1. The van der Waals surface area contributed by atoms with Gasteiger partial charge in [0.05, 0.1) is 23.6 Å². The van der Waals surface area contributed by atoms with Crippen molar-refractivity contribution in [2.75, 3.05) is 13.7 Å². The molecule has 2 aromatic carbocycles. The molecule has 1 aliphatic heterocycles. The van der Waals surface area contributed by atoms with E-state index in [4.69, 9.17) is 13.9 Å². The molecule has 37 heavy (non-hydrogen) atoms. The molecule has 1 N–H and O–H groups in total. The number of benzene rings is 2. The van der Waals surface area contributed by atoms with Crippen LogP contribution in [0.2, 0.25) is 0 Å². The molecule has 8 heteroatoms. The van der Waals surface area contributed by atoms with Crippen molar-refractivity contribution in [3.05, 3.63) is 93.6 Å². The second-order valence-electron chi connectivity index (χ2n) is 9.14. The number of piperidine rings is 1. The summed E-state index contributed by atoms with van der Waals surface area (Å²) in [7, 11) is 1.31. The molecule has 1 fully saturated rings. The third-order valence-electron chi connectivity index (χ3n) is 6.80. The van der Waals surface area contributed by atoms with Crippen LogP contribution in [0.25, 0.3) is 11.0 Å². The molecule has 3 heterocycles. The predicted molar refractivity (Wildman–Crippen MR) is 138 cm³/mol. The Balaban J connectivity index is 1.49. The van der Waals surface area contributed by atoms with Gasteiger partial charge in [0.2, 0.25) is 11.2 Å². The lowest BCUT2D eigenvalue weighted by atomic mass is 9.95. The third-order valence-corrected chi connectivity index (χ3v) is 6.80. The first-order chi connectivity index (χ1) is 18.0. The second-order valence-corrected chi connectivity index (χ2v) is 9.14. The van der Waals surface area contributed by atoms with Gasteiger partial charge in [-0.25, -0.2) is 4.79 Å². The Morgan fingerprint density at radius 2 is 1.97 bits per heavy atom. The first-order valence-corrected chi connectivity index (χ1v) is 12.2. The fraction of sp³-hybridized carbons (Fsp3) is 0.276. The molecule has 2 aromatic heterocycles. The van der Waals surface area contributed by atoms with Crippen LogP contribution in [-0.4, -0.2) is 34.6 Å². The van der Waals surface area contributed by atoms with Gasteiger partial charge in [0.1, 0.15) is 22.8 Å². The second kappa shape index (κ2) is 10.4. The smallest absolute Gasteiger partial charge is 0.337 e. The van der Waals surface area contributed by atoms with E-state index in [1.54, 1.807) is 43.5 Å². The van der Waals surface area contributed by atoms with Crippen LogP contribution >= 0.6 is 0 Å². The number of rotatable bonds is 6. The minimum atomic E-state index is -0.459. The fourth-order valence-corrected chi connectivity index (χ4v) is 4.89. The molecule has 0 radical (unpaired) electrons. The number of ether oxygens (including phenoxy) is 2. The maximum atomic E-state index is 13.5. The number of hydrogen-bond donors (Lipinski definition) is 1. The summed E-state index contributed by atoms with van der Waals surface area (Å²) in [6.07, 6.45) is 6.81. The molecule has 0 bridgehead atoms. The van der Waals surface area contributed by atoms with Crippen molar-refractivity contribution in [1.82, 2.24) is 9.88 Å². The quantitative estimate of drug-likeness (QED) is 0.346. The van der Waals surface area contributed by atoms with Crippen LogP contribution in [0.1, 0.15) is 52.5 Å². The van der Waals surface area contributed by atoms with E-state index in [-0.39, 0.29) is 23.0 Å². The van der Waals surface area contributed by atoms with Crippen LogP contribution in [0.4, 0.5) is 0 Å². The van der Waals surface area contributed by atoms with E-state index in [1.807, 2.05) is 12.3 Å². The third kappa shape index (κ3) is 4.93. The summed E-state index contributed by atoms with van der Waals surface area (Å²) in [6, 6.07) is 13.6. The van der Waals surface area contributed by atoms with E-state index in [0.29, 0.717) is 40.2 Å². The zero-order valence-electron chi connectivity index (χ0n) is 20.8. The molecular formula is C29H28N2O6. The fourth-order valence-electron chi connectivity index (χ4n) is 4.89. The molecule has 8 nitrogen and oxygen atoms in total. The summed E-state index contributed by atoms with van der Waals surface area (Å²) in [5.41, 5.74) is 2.10. The molecular weight excluding hydrogens is 472 g/mol. The molecule has 190 valence electrons. The number of carbonyl (C=O) groups is 1. The van der Waals surface area contributed by atoms with Gasteiger partial charge in [-0.1, -0.05) is 12.5 Å². The number of methoxy groups -OCH3 is 1. The standard InChI is InChI=1S/C29H28N2O6/c1-18-27(37-21-10-8-19(9-11-21)29(34)35-2)26(33)22-12-13-25(32)23(28(22)36-18)17-31-15-4-3-7-24(31)20-6-5-14-30-16-20/h5-6,8-14,16,24,32H,3-4,7,15,17H2,1-2H3/t24-/m0/s1. The van der Waals surface area contributed by atoms with Crippen LogP contribution in [0.15, 0.2) is 70.1 Å². The topological polar surface area (TPSA) is 102 Å². The molecule has 1 atom stereocenters. The van der Waals surface area contributed by atoms with Gasteiger partial charge in [0, 0.05) is 25.0 Å². The Morgan fingerprint density at radius 1 is 1.16 bits per heavy atom. The number of pyridine rings is 1. The average Bonchev–Trinajstić information content (AvgIpc) is 2.93. The summed E-state index contributed by atoms with van der Waals surface area (Å²) >= 11 is 0. The average molecular weight is 501 g/mol. The van der Waals surface area contributed by atoms with Gasteiger partial charge in [0.15, 0.2) is 0 Å². The molecule has 0 unspecified atom stereocenters. The first kappa shape index (κ1) is 24.5. The Bertz CT molecular complexity index is 1480. The molecule has 0 spiro atoms. The molecule has 0 saturated carbocycles. The van der Waals surface area contributed by atoms with Gasteiger partial charge in [-0.05, 0) is 74.3 Å². The Hall–Kier alpha value is -4.17. The molecule has 5 rings (SSSR count). The number of fused-ring (bicyclic) bond motifs is 1. The minimum Gasteiger partial charge on any atom is -0.507 e. The van der Waals surface area contributed by atoms with E-state index in [2.05, 4.69) is 16.0 Å². The molecule has 0 amide bonds. The van der Waals surface area contributed by atoms with Crippen molar-refractivity contribution in [2.45, 2.75) is 38.8 Å². The van der Waals surface area contributed by atoms with E-state index in [9.17, 15) is 14.7 Å². The minimum absolute atomic E-state index is 0.0566. The Labute approximate surface area is 214 Å². The number of hydrogen-bond acceptors (Lipinski definition) is 8. The van der Waals surface area contributed by atoms with Gasteiger partial charge >= 0.3 is 5.97 Å². The largest absolute Gasteiger partial charge is 0.507 e. The van der Waals surface area contributed by atoms with Crippen molar-refractivity contribution < 1.29 is 23.8 Å². The Kier molecular flexibility index (Phi) is 6.92. The Morgan fingerprint density at radius 3 is 2.70 bits per heavy atom. The summed E-state index contributed by atoms with van der Waals surface area (Å²) in [4.78, 5) is 31.7. The summed E-state index contributed by atoms with van der Waals surface area (Å²) in [5.74, 6) is 0.358. The van der Waals surface area contributed by atoms with Crippen LogP contribution in [0, 0.1) is 6.92 Å². The van der Waals surface area contributed by atoms with E-state index in [0.717, 1.165) is 31.4 Å². The van der Waals surface area contributed by atoms with Crippen LogP contribution in [-0.2, 0) is 11.3 Å². The summed E-state index contributed by atoms with van der Waals surface area (Å²) in [6.45, 7) is 2.95. The van der Waals surface area contributed by atoms with Gasteiger partial charge in [-0.3, -0.25) is 14.7 Å². The number of nitrogens with zero attached hydrogens (tertiary/aromatic N) is 2. The highest BCUT2D eigenvalue weighted by Gasteiger charge is 2.27. The SMILES string of the molecule is COC(=O)c1ccc(Oc2c(C)oc3c(CN4CCCC[C@H]4c4cccnc4)c(O)ccc3c2=O)cc1. The lowest BCUT2D eigenvalue weighted by Crippen LogP contribution is -2.33. The highest BCUT2D eigenvalue weighted by atomic mass is 16.5. The molecule has 1 saturated heterocycles. The van der Waals surface area contributed by atoms with E-state index >= 15 is 0 Å². The van der Waals surface area contributed by atoms with Crippen molar-refractivity contribution in [3.8, 4) is 17.2 Å². The number of esters is 1. The molecule has 1 aliphatic rings. The van der Waals surface area contributed by atoms with Crippen molar-refractivity contribution in [3.63, 3.8) is 0 Å². The summed E-state index contributed by atoms with van der Waals surface area (Å²) < 4.78 is 16.7. The van der Waals surface area contributed by atoms with Crippen molar-refractivity contribution in [1.29, 1.82) is 0 Å². The van der Waals surface area contributed by atoms with Gasteiger partial charge in [0.25, 0.3) is 0 Å². The first-order valence-electron chi connectivity index (χ1n) is 12.2. The van der Waals surface area contributed by atoms with Crippen LogP contribution in [0.5, 0.6) is 17.2 Å². The monoisotopic (exact) mass is 500 g/mol. The van der Waals surface area contributed by atoms with Crippen molar-refractivity contribution in [2.24, 2.45) is 0 Å². The summed E-state index contributed by atoms with van der Waals surface area (Å²) in [5, 5.41) is 11.1. The predicted octanol–water partition coefficient (Wildman–Crippen LogP) is 5.51. The normalized spacial score (nSPS) is 16.0. The zero-order chi connectivity index (χ0) is 25.9. The van der Waals surface area contributed by atoms with Gasteiger partial charge in [-0.15, -0.1) is 0 Å². The number of phenols is 1. The number of aromatic nitrogens is 1. The zero-order valence-corrected chi connectivity index (χ0v) is 20.8. The maximum Gasteiger partial charge on any atom is 0.337 e. The van der Waals surface area contributed by atoms with Gasteiger partial charge < -0.3 is 19.0 Å². The van der Waals surface area contributed by atoms with E-state index < -0.39 is 5.97 Å². The number of carbonyl (C=O) groups excluding carboxylic acids is 1.